The van der Waals surface area contributed by atoms with Crippen LogP contribution in [0.15, 0.2) is 54.6 Å². The van der Waals surface area contributed by atoms with Crippen LogP contribution in [0.5, 0.6) is 5.75 Å². The first-order valence-corrected chi connectivity index (χ1v) is 7.40. The third-order valence-corrected chi connectivity index (χ3v) is 3.16. The highest BCUT2D eigenvalue weighted by Gasteiger charge is 2.06. The standard InChI is InChI=1S/C19H16N2O4/c1-24-17-8-3-2-6-15(17)9-10-19(23)25-13-18(22)21-16-7-4-5-14(11-16)12-20/h2-11H,13H2,1H3,(H,21,22)/b10-9+. The molecule has 0 aromatic heterocycles. The third kappa shape index (κ3) is 5.52. The lowest BCUT2D eigenvalue weighted by molar-refractivity contribution is -0.142. The molecule has 0 radical (unpaired) electrons. The van der Waals surface area contributed by atoms with Crippen molar-refractivity contribution in [3.63, 3.8) is 0 Å². The largest absolute Gasteiger partial charge is 0.496 e. The summed E-state index contributed by atoms with van der Waals surface area (Å²) in [5, 5.41) is 11.4. The zero-order valence-electron chi connectivity index (χ0n) is 13.6. The number of rotatable bonds is 6. The van der Waals surface area contributed by atoms with Gasteiger partial charge in [0.05, 0.1) is 18.7 Å². The molecule has 0 saturated heterocycles. The Morgan fingerprint density at radius 2 is 2.00 bits per heavy atom. The van der Waals surface area contributed by atoms with Gasteiger partial charge in [0.1, 0.15) is 5.75 Å². The highest BCUT2D eigenvalue weighted by atomic mass is 16.5. The zero-order valence-corrected chi connectivity index (χ0v) is 13.6. The van der Waals surface area contributed by atoms with Gasteiger partial charge in [0.15, 0.2) is 6.61 Å². The van der Waals surface area contributed by atoms with Gasteiger partial charge in [0.25, 0.3) is 5.91 Å². The van der Waals surface area contributed by atoms with Gasteiger partial charge in [0.2, 0.25) is 0 Å². The van der Waals surface area contributed by atoms with E-state index in [0.29, 0.717) is 17.0 Å². The Bertz CT molecular complexity index is 837. The van der Waals surface area contributed by atoms with E-state index in [2.05, 4.69) is 5.32 Å². The van der Waals surface area contributed by atoms with Gasteiger partial charge >= 0.3 is 5.97 Å². The van der Waals surface area contributed by atoms with Crippen LogP contribution in [0.1, 0.15) is 11.1 Å². The molecular formula is C19H16N2O4. The Hall–Kier alpha value is -3.59. The lowest BCUT2D eigenvalue weighted by Crippen LogP contribution is -2.20. The summed E-state index contributed by atoms with van der Waals surface area (Å²) in [4.78, 5) is 23.5. The number of hydrogen-bond donors (Lipinski definition) is 1. The fraction of sp³-hybridized carbons (Fsp3) is 0.105. The van der Waals surface area contributed by atoms with E-state index in [1.54, 1.807) is 36.4 Å². The Balaban J connectivity index is 1.86. The molecule has 0 bridgehead atoms. The van der Waals surface area contributed by atoms with Gasteiger partial charge in [-0.1, -0.05) is 24.3 Å². The SMILES string of the molecule is COc1ccccc1/C=C/C(=O)OCC(=O)Nc1cccc(C#N)c1. The molecule has 0 saturated carbocycles. The highest BCUT2D eigenvalue weighted by molar-refractivity contribution is 5.94. The van der Waals surface area contributed by atoms with E-state index in [1.807, 2.05) is 18.2 Å². The number of carbonyl (C=O) groups excluding carboxylic acids is 2. The summed E-state index contributed by atoms with van der Waals surface area (Å²) in [6.45, 7) is -0.425. The van der Waals surface area contributed by atoms with Crippen molar-refractivity contribution >= 4 is 23.6 Å². The molecule has 0 aliphatic carbocycles. The number of amides is 1. The van der Waals surface area contributed by atoms with Crippen LogP contribution in [0.25, 0.3) is 6.08 Å². The first-order valence-electron chi connectivity index (χ1n) is 7.40. The summed E-state index contributed by atoms with van der Waals surface area (Å²) in [5.41, 5.74) is 1.61. The fourth-order valence-corrected chi connectivity index (χ4v) is 2.01. The lowest BCUT2D eigenvalue weighted by Gasteiger charge is -2.06. The highest BCUT2D eigenvalue weighted by Crippen LogP contribution is 2.18. The monoisotopic (exact) mass is 336 g/mol. The minimum atomic E-state index is -0.646. The summed E-state index contributed by atoms with van der Waals surface area (Å²) in [6, 6.07) is 15.6. The van der Waals surface area contributed by atoms with Crippen LogP contribution >= 0.6 is 0 Å². The molecule has 6 nitrogen and oxygen atoms in total. The number of benzene rings is 2. The summed E-state index contributed by atoms with van der Waals surface area (Å²) >= 11 is 0. The predicted octanol–water partition coefficient (Wildman–Crippen LogP) is 2.76. The van der Waals surface area contributed by atoms with Crippen LogP contribution in [0.4, 0.5) is 5.69 Å². The second kappa shape index (κ2) is 8.89. The number of carbonyl (C=O) groups is 2. The van der Waals surface area contributed by atoms with Crippen molar-refractivity contribution in [2.75, 3.05) is 19.0 Å². The molecular weight excluding hydrogens is 320 g/mol. The number of anilines is 1. The summed E-state index contributed by atoms with van der Waals surface area (Å²) < 4.78 is 10.1. The Labute approximate surface area is 145 Å². The predicted molar refractivity (Wildman–Crippen MR) is 92.8 cm³/mol. The van der Waals surface area contributed by atoms with Crippen molar-refractivity contribution in [1.29, 1.82) is 5.26 Å². The first-order chi connectivity index (χ1) is 12.1. The number of hydrogen-bond acceptors (Lipinski definition) is 5. The normalized spacial score (nSPS) is 10.1. The number of nitriles is 1. The quantitative estimate of drug-likeness (QED) is 0.647. The molecule has 0 spiro atoms. The van der Waals surface area contributed by atoms with Gasteiger partial charge in [-0.05, 0) is 30.3 Å². The van der Waals surface area contributed by atoms with Gasteiger partial charge in [-0.3, -0.25) is 4.79 Å². The van der Waals surface area contributed by atoms with E-state index in [-0.39, 0.29) is 0 Å². The number of nitrogens with zero attached hydrogens (tertiary/aromatic N) is 1. The van der Waals surface area contributed by atoms with Gasteiger partial charge in [-0.25, -0.2) is 4.79 Å². The summed E-state index contributed by atoms with van der Waals surface area (Å²) in [6.07, 6.45) is 2.77. The van der Waals surface area contributed by atoms with Crippen LogP contribution in [0, 0.1) is 11.3 Å². The maximum Gasteiger partial charge on any atom is 0.331 e. The van der Waals surface area contributed by atoms with E-state index in [4.69, 9.17) is 14.7 Å². The second-order valence-electron chi connectivity index (χ2n) is 4.92. The van der Waals surface area contributed by atoms with E-state index in [9.17, 15) is 9.59 Å². The molecule has 2 rings (SSSR count). The maximum atomic E-state index is 11.8. The molecule has 1 N–H and O–H groups in total. The third-order valence-electron chi connectivity index (χ3n) is 3.16. The summed E-state index contributed by atoms with van der Waals surface area (Å²) in [7, 11) is 1.54. The van der Waals surface area contributed by atoms with E-state index >= 15 is 0 Å². The van der Waals surface area contributed by atoms with Gasteiger partial charge in [0, 0.05) is 17.3 Å². The Morgan fingerprint density at radius 1 is 1.20 bits per heavy atom. The molecule has 2 aromatic rings. The van der Waals surface area contributed by atoms with Gasteiger partial charge in [-0.15, -0.1) is 0 Å². The Morgan fingerprint density at radius 3 is 2.76 bits per heavy atom. The molecule has 0 aliphatic heterocycles. The number of nitrogens with one attached hydrogen (secondary N) is 1. The fourth-order valence-electron chi connectivity index (χ4n) is 2.01. The smallest absolute Gasteiger partial charge is 0.331 e. The molecule has 1 amide bonds. The van der Waals surface area contributed by atoms with E-state index in [1.165, 1.54) is 19.3 Å². The van der Waals surface area contributed by atoms with Gasteiger partial charge in [-0.2, -0.15) is 5.26 Å². The van der Waals surface area contributed by atoms with Crippen LogP contribution in [-0.2, 0) is 14.3 Å². The zero-order chi connectivity index (χ0) is 18.1. The molecule has 6 heteroatoms. The van der Waals surface area contributed by atoms with E-state index < -0.39 is 18.5 Å². The molecule has 2 aromatic carbocycles. The lowest BCUT2D eigenvalue weighted by atomic mass is 10.2. The van der Waals surface area contributed by atoms with E-state index in [0.717, 1.165) is 5.56 Å². The maximum absolute atomic E-state index is 11.8. The average Bonchev–Trinajstić information content (AvgIpc) is 2.65. The minimum absolute atomic E-state index is 0.425. The first kappa shape index (κ1) is 17.8. The van der Waals surface area contributed by atoms with Crippen molar-refractivity contribution in [2.45, 2.75) is 0 Å². The molecule has 25 heavy (non-hydrogen) atoms. The number of methoxy groups -OCH3 is 1. The van der Waals surface area contributed by atoms with Crippen molar-refractivity contribution < 1.29 is 19.1 Å². The number of para-hydroxylation sites is 1. The van der Waals surface area contributed by atoms with Crippen LogP contribution in [0.2, 0.25) is 0 Å². The van der Waals surface area contributed by atoms with Gasteiger partial charge < -0.3 is 14.8 Å². The molecule has 0 fully saturated rings. The summed E-state index contributed by atoms with van der Waals surface area (Å²) in [5.74, 6) is -0.511. The topological polar surface area (TPSA) is 88.4 Å². The second-order valence-corrected chi connectivity index (χ2v) is 4.92. The minimum Gasteiger partial charge on any atom is -0.496 e. The average molecular weight is 336 g/mol. The van der Waals surface area contributed by atoms with Crippen molar-refractivity contribution in [2.24, 2.45) is 0 Å². The molecule has 0 aliphatic rings. The van der Waals surface area contributed by atoms with Crippen LogP contribution in [-0.4, -0.2) is 25.6 Å². The van der Waals surface area contributed by atoms with Crippen LogP contribution in [0.3, 0.4) is 0 Å². The molecule has 0 unspecified atom stereocenters. The van der Waals surface area contributed by atoms with Crippen molar-refractivity contribution in [3.8, 4) is 11.8 Å². The van der Waals surface area contributed by atoms with Crippen molar-refractivity contribution in [3.05, 3.63) is 65.7 Å². The molecule has 0 atom stereocenters. The number of esters is 1. The Kier molecular flexibility index (Phi) is 6.32. The number of ether oxygens (including phenoxy) is 2. The molecule has 0 heterocycles. The van der Waals surface area contributed by atoms with Crippen LogP contribution < -0.4 is 10.1 Å². The van der Waals surface area contributed by atoms with Crippen molar-refractivity contribution in [1.82, 2.24) is 0 Å². The molecule has 126 valence electrons.